The average Bonchev–Trinajstić information content (AvgIpc) is 3.07. The summed E-state index contributed by atoms with van der Waals surface area (Å²) in [5.41, 5.74) is 3.04. The Morgan fingerprint density at radius 2 is 2.04 bits per heavy atom. The number of anilines is 2. The molecule has 27 heavy (non-hydrogen) atoms. The van der Waals surface area contributed by atoms with E-state index in [1.165, 1.54) is 0 Å². The Kier molecular flexibility index (Phi) is 4.85. The first-order valence-corrected chi connectivity index (χ1v) is 9.77. The van der Waals surface area contributed by atoms with Gasteiger partial charge in [0.2, 0.25) is 5.91 Å². The van der Waals surface area contributed by atoms with E-state index >= 15 is 0 Å². The molecule has 138 valence electrons. The molecule has 3 aromatic rings. The van der Waals surface area contributed by atoms with Gasteiger partial charge in [-0.05, 0) is 19.4 Å². The molecule has 0 bridgehead atoms. The summed E-state index contributed by atoms with van der Waals surface area (Å²) in [6.07, 6.45) is 2.99. The number of hydrogen-bond donors (Lipinski definition) is 1. The number of amides is 1. The molecule has 0 atom stereocenters. The van der Waals surface area contributed by atoms with Crippen molar-refractivity contribution in [2.75, 3.05) is 11.9 Å². The quantitative estimate of drug-likeness (QED) is 0.752. The van der Waals surface area contributed by atoms with Gasteiger partial charge in [-0.1, -0.05) is 30.3 Å². The molecule has 1 N–H and O–H groups in total. The van der Waals surface area contributed by atoms with Crippen LogP contribution in [0.25, 0.3) is 0 Å². The molecule has 1 aliphatic rings. The molecule has 0 radical (unpaired) electrons. The predicted molar refractivity (Wildman–Crippen MR) is 106 cm³/mol. The van der Waals surface area contributed by atoms with E-state index in [-0.39, 0.29) is 5.91 Å². The van der Waals surface area contributed by atoms with Gasteiger partial charge in [0.05, 0.1) is 18.7 Å². The van der Waals surface area contributed by atoms with Gasteiger partial charge in [-0.25, -0.2) is 15.0 Å². The third-order valence-electron chi connectivity index (χ3n) is 4.57. The summed E-state index contributed by atoms with van der Waals surface area (Å²) < 4.78 is 0. The van der Waals surface area contributed by atoms with Gasteiger partial charge in [0.25, 0.3) is 0 Å². The van der Waals surface area contributed by atoms with Crippen molar-refractivity contribution in [2.24, 2.45) is 0 Å². The smallest absolute Gasteiger partial charge is 0.227 e. The number of carbonyl (C=O) groups is 1. The molecule has 0 unspecified atom stereocenters. The summed E-state index contributed by atoms with van der Waals surface area (Å²) in [6.45, 7) is 5.12. The van der Waals surface area contributed by atoms with Crippen molar-refractivity contribution in [3.05, 3.63) is 64.1 Å². The van der Waals surface area contributed by atoms with E-state index in [0.717, 1.165) is 44.9 Å². The molecule has 3 heterocycles. The Bertz CT molecular complexity index is 970. The van der Waals surface area contributed by atoms with Crippen molar-refractivity contribution in [3.63, 3.8) is 0 Å². The van der Waals surface area contributed by atoms with Gasteiger partial charge in [-0.3, -0.25) is 4.79 Å². The molecule has 2 aromatic heterocycles. The van der Waals surface area contributed by atoms with E-state index in [1.54, 1.807) is 11.3 Å². The third kappa shape index (κ3) is 3.98. The van der Waals surface area contributed by atoms with Crippen LogP contribution in [0.3, 0.4) is 0 Å². The maximum Gasteiger partial charge on any atom is 0.227 e. The minimum atomic E-state index is 0.128. The predicted octanol–water partition coefficient (Wildman–Crippen LogP) is 3.42. The lowest BCUT2D eigenvalue weighted by atomic mass is 10.0. The summed E-state index contributed by atoms with van der Waals surface area (Å²) in [4.78, 5) is 29.3. The van der Waals surface area contributed by atoms with E-state index < -0.39 is 0 Å². The van der Waals surface area contributed by atoms with Crippen LogP contribution in [-0.4, -0.2) is 32.3 Å². The SMILES string of the molecule is Cc1nc2c(c(Nc3ncc(C)s3)n1)CN(C(=O)Cc1ccccc1)CC2. The number of hydrogen-bond acceptors (Lipinski definition) is 6. The molecule has 0 saturated heterocycles. The summed E-state index contributed by atoms with van der Waals surface area (Å²) in [5, 5.41) is 4.13. The van der Waals surface area contributed by atoms with Crippen LogP contribution >= 0.6 is 11.3 Å². The normalized spacial score (nSPS) is 13.3. The van der Waals surface area contributed by atoms with Crippen LogP contribution < -0.4 is 5.32 Å². The molecule has 0 aliphatic carbocycles. The van der Waals surface area contributed by atoms with Crippen LogP contribution in [0.1, 0.15) is 27.5 Å². The molecular formula is C20H21N5OS. The number of aryl methyl sites for hydroxylation is 2. The van der Waals surface area contributed by atoms with Gasteiger partial charge in [-0.15, -0.1) is 11.3 Å². The second kappa shape index (κ2) is 7.44. The highest BCUT2D eigenvalue weighted by atomic mass is 32.1. The van der Waals surface area contributed by atoms with E-state index in [2.05, 4.69) is 20.3 Å². The lowest BCUT2D eigenvalue weighted by Gasteiger charge is -2.29. The Hall–Kier alpha value is -2.80. The summed E-state index contributed by atoms with van der Waals surface area (Å²) in [6, 6.07) is 9.86. The molecule has 0 fully saturated rings. The molecule has 1 aromatic carbocycles. The van der Waals surface area contributed by atoms with Gasteiger partial charge in [0, 0.05) is 29.6 Å². The highest BCUT2D eigenvalue weighted by molar-refractivity contribution is 7.15. The van der Waals surface area contributed by atoms with Crippen molar-refractivity contribution >= 4 is 28.2 Å². The Balaban J connectivity index is 1.56. The first-order chi connectivity index (χ1) is 13.1. The highest BCUT2D eigenvalue weighted by Gasteiger charge is 2.25. The zero-order chi connectivity index (χ0) is 18.8. The maximum atomic E-state index is 12.8. The number of benzene rings is 1. The zero-order valence-corrected chi connectivity index (χ0v) is 16.2. The van der Waals surface area contributed by atoms with Crippen molar-refractivity contribution in [1.29, 1.82) is 0 Å². The summed E-state index contributed by atoms with van der Waals surface area (Å²) >= 11 is 1.58. The van der Waals surface area contributed by atoms with Gasteiger partial charge in [-0.2, -0.15) is 0 Å². The number of rotatable bonds is 4. The highest BCUT2D eigenvalue weighted by Crippen LogP contribution is 2.28. The second-order valence-electron chi connectivity index (χ2n) is 6.67. The van der Waals surface area contributed by atoms with Crippen LogP contribution in [0.2, 0.25) is 0 Å². The maximum absolute atomic E-state index is 12.8. The first kappa shape index (κ1) is 17.6. The molecular weight excluding hydrogens is 358 g/mol. The van der Waals surface area contributed by atoms with E-state index in [1.807, 2.05) is 55.3 Å². The van der Waals surface area contributed by atoms with Gasteiger partial charge in [0.15, 0.2) is 5.13 Å². The lowest BCUT2D eigenvalue weighted by Crippen LogP contribution is -2.38. The van der Waals surface area contributed by atoms with Crippen LogP contribution in [0.5, 0.6) is 0 Å². The van der Waals surface area contributed by atoms with Gasteiger partial charge >= 0.3 is 0 Å². The molecule has 0 spiro atoms. The molecule has 1 aliphatic heterocycles. The fourth-order valence-electron chi connectivity index (χ4n) is 3.25. The minimum Gasteiger partial charge on any atom is -0.337 e. The van der Waals surface area contributed by atoms with E-state index in [9.17, 15) is 4.79 Å². The topological polar surface area (TPSA) is 71.0 Å². The van der Waals surface area contributed by atoms with Crippen LogP contribution in [0.4, 0.5) is 10.9 Å². The number of carbonyl (C=O) groups excluding carboxylic acids is 1. The minimum absolute atomic E-state index is 0.128. The van der Waals surface area contributed by atoms with E-state index in [0.29, 0.717) is 19.5 Å². The largest absolute Gasteiger partial charge is 0.337 e. The monoisotopic (exact) mass is 379 g/mol. The number of nitrogens with one attached hydrogen (secondary N) is 1. The molecule has 1 amide bonds. The number of nitrogens with zero attached hydrogens (tertiary/aromatic N) is 4. The Morgan fingerprint density at radius 1 is 1.22 bits per heavy atom. The zero-order valence-electron chi connectivity index (χ0n) is 15.4. The summed E-state index contributed by atoms with van der Waals surface area (Å²) in [7, 11) is 0. The second-order valence-corrected chi connectivity index (χ2v) is 7.91. The van der Waals surface area contributed by atoms with Crippen LogP contribution in [0.15, 0.2) is 36.5 Å². The van der Waals surface area contributed by atoms with Gasteiger partial charge < -0.3 is 10.2 Å². The van der Waals surface area contributed by atoms with Gasteiger partial charge in [0.1, 0.15) is 11.6 Å². The number of thiazole rings is 1. The summed E-state index contributed by atoms with van der Waals surface area (Å²) in [5.74, 6) is 1.61. The van der Waals surface area contributed by atoms with Crippen molar-refractivity contribution in [2.45, 2.75) is 33.2 Å². The van der Waals surface area contributed by atoms with E-state index in [4.69, 9.17) is 0 Å². The average molecular weight is 379 g/mol. The standard InChI is InChI=1S/C20H21N5OS/c1-13-11-21-20(27-13)24-19-16-12-25(9-8-17(16)22-14(2)23-19)18(26)10-15-6-4-3-5-7-15/h3-7,11H,8-10,12H2,1-2H3,(H,21,22,23,24). The third-order valence-corrected chi connectivity index (χ3v) is 5.40. The fourth-order valence-corrected chi connectivity index (χ4v) is 3.91. The number of aromatic nitrogens is 3. The molecule has 4 rings (SSSR count). The molecule has 0 saturated carbocycles. The van der Waals surface area contributed by atoms with Crippen LogP contribution in [-0.2, 0) is 24.2 Å². The number of fused-ring (bicyclic) bond motifs is 1. The molecule has 7 heteroatoms. The first-order valence-electron chi connectivity index (χ1n) is 8.96. The van der Waals surface area contributed by atoms with Crippen LogP contribution in [0, 0.1) is 13.8 Å². The Morgan fingerprint density at radius 3 is 2.78 bits per heavy atom. The van der Waals surface area contributed by atoms with Crippen molar-refractivity contribution in [3.8, 4) is 0 Å². The fraction of sp³-hybridized carbons (Fsp3) is 0.300. The Labute approximate surface area is 162 Å². The van der Waals surface area contributed by atoms with Crippen molar-refractivity contribution < 1.29 is 4.79 Å². The lowest BCUT2D eigenvalue weighted by molar-refractivity contribution is -0.131. The molecule has 6 nitrogen and oxygen atoms in total. The van der Waals surface area contributed by atoms with Crippen molar-refractivity contribution in [1.82, 2.24) is 19.9 Å².